The highest BCUT2D eigenvalue weighted by Gasteiger charge is 2.33. The summed E-state index contributed by atoms with van der Waals surface area (Å²) in [5.41, 5.74) is 5.88. The van der Waals surface area contributed by atoms with Crippen LogP contribution in [0.1, 0.15) is 47.0 Å². The smallest absolute Gasteiger partial charge is 0.240 e. The van der Waals surface area contributed by atoms with Crippen LogP contribution in [0, 0.1) is 11.3 Å². The van der Waals surface area contributed by atoms with E-state index in [0.29, 0.717) is 0 Å². The van der Waals surface area contributed by atoms with Crippen LogP contribution < -0.4 is 5.73 Å². The molecule has 0 aromatic heterocycles. The number of hydrogen-bond acceptors (Lipinski definition) is 2. The monoisotopic (exact) mass is 226 g/mol. The third-order valence-electron chi connectivity index (χ3n) is 3.18. The molecule has 1 saturated carbocycles. The van der Waals surface area contributed by atoms with E-state index in [9.17, 15) is 4.79 Å². The van der Waals surface area contributed by atoms with Crippen molar-refractivity contribution in [2.45, 2.75) is 53.0 Å². The molecule has 2 N–H and O–H groups in total. The molecule has 1 amide bonds. The Bertz CT molecular complexity index is 241. The molecular formula is C13H26N2O. The van der Waals surface area contributed by atoms with Crippen molar-refractivity contribution >= 4 is 5.91 Å². The maximum absolute atomic E-state index is 12.2. The molecule has 94 valence electrons. The van der Waals surface area contributed by atoms with Gasteiger partial charge in [0, 0.05) is 13.1 Å². The van der Waals surface area contributed by atoms with E-state index in [-0.39, 0.29) is 17.4 Å². The van der Waals surface area contributed by atoms with Gasteiger partial charge in [0.1, 0.15) is 0 Å². The van der Waals surface area contributed by atoms with Gasteiger partial charge in [-0.1, -0.05) is 27.7 Å². The second-order valence-corrected chi connectivity index (χ2v) is 6.07. The van der Waals surface area contributed by atoms with Gasteiger partial charge >= 0.3 is 0 Å². The molecule has 1 fully saturated rings. The predicted molar refractivity (Wildman–Crippen MR) is 67.0 cm³/mol. The average Bonchev–Trinajstić information content (AvgIpc) is 2.97. The summed E-state index contributed by atoms with van der Waals surface area (Å²) >= 11 is 0. The molecule has 0 heterocycles. The van der Waals surface area contributed by atoms with Crippen molar-refractivity contribution in [1.82, 2.24) is 4.90 Å². The first-order chi connectivity index (χ1) is 7.36. The lowest BCUT2D eigenvalue weighted by Crippen LogP contribution is -2.51. The molecular weight excluding hydrogens is 200 g/mol. The summed E-state index contributed by atoms with van der Waals surface area (Å²) in [6.07, 6.45) is 3.56. The minimum Gasteiger partial charge on any atom is -0.341 e. The molecule has 0 radical (unpaired) electrons. The summed E-state index contributed by atoms with van der Waals surface area (Å²) in [6.45, 7) is 9.94. The van der Waals surface area contributed by atoms with Gasteiger partial charge in [0.05, 0.1) is 6.04 Å². The SMILES string of the molecule is CCCN(CC1CC1)C(=O)[C@H](N)C(C)(C)C. The Morgan fingerprint density at radius 2 is 2.00 bits per heavy atom. The van der Waals surface area contributed by atoms with Crippen molar-refractivity contribution in [3.8, 4) is 0 Å². The Hall–Kier alpha value is -0.570. The fraction of sp³-hybridized carbons (Fsp3) is 0.923. The molecule has 1 aliphatic carbocycles. The first kappa shape index (κ1) is 13.5. The van der Waals surface area contributed by atoms with Gasteiger partial charge in [-0.25, -0.2) is 0 Å². The summed E-state index contributed by atoms with van der Waals surface area (Å²) < 4.78 is 0. The number of hydrogen-bond donors (Lipinski definition) is 1. The first-order valence-electron chi connectivity index (χ1n) is 6.40. The second kappa shape index (κ2) is 5.17. The molecule has 0 spiro atoms. The molecule has 3 nitrogen and oxygen atoms in total. The van der Waals surface area contributed by atoms with Crippen LogP contribution in [0.25, 0.3) is 0 Å². The van der Waals surface area contributed by atoms with E-state index < -0.39 is 0 Å². The zero-order valence-corrected chi connectivity index (χ0v) is 11.1. The van der Waals surface area contributed by atoms with E-state index in [0.717, 1.165) is 25.4 Å². The van der Waals surface area contributed by atoms with Gasteiger partial charge in [0.2, 0.25) is 5.91 Å². The Kier molecular flexibility index (Phi) is 4.36. The molecule has 1 aliphatic rings. The van der Waals surface area contributed by atoms with Crippen molar-refractivity contribution in [2.75, 3.05) is 13.1 Å². The lowest BCUT2D eigenvalue weighted by molar-refractivity contribution is -0.135. The molecule has 1 rings (SSSR count). The van der Waals surface area contributed by atoms with E-state index in [4.69, 9.17) is 5.73 Å². The van der Waals surface area contributed by atoms with Crippen LogP contribution in [0.5, 0.6) is 0 Å². The predicted octanol–water partition coefficient (Wildman–Crippen LogP) is 2.01. The standard InChI is InChI=1S/C13H26N2O/c1-5-8-15(9-10-6-7-10)12(16)11(14)13(2,3)4/h10-11H,5-9,14H2,1-4H3/t11-/m0/s1. The second-order valence-electron chi connectivity index (χ2n) is 6.07. The molecule has 0 aromatic carbocycles. The van der Waals surface area contributed by atoms with Crippen LogP contribution in [0.15, 0.2) is 0 Å². The number of carbonyl (C=O) groups is 1. The van der Waals surface area contributed by atoms with Crippen LogP contribution in [0.2, 0.25) is 0 Å². The van der Waals surface area contributed by atoms with Gasteiger partial charge in [-0.2, -0.15) is 0 Å². The maximum Gasteiger partial charge on any atom is 0.240 e. The van der Waals surface area contributed by atoms with Gasteiger partial charge < -0.3 is 10.6 Å². The summed E-state index contributed by atoms with van der Waals surface area (Å²) in [7, 11) is 0. The number of amides is 1. The van der Waals surface area contributed by atoms with Crippen LogP contribution in [-0.2, 0) is 4.79 Å². The highest BCUT2D eigenvalue weighted by molar-refractivity contribution is 5.82. The molecule has 3 heteroatoms. The minimum absolute atomic E-state index is 0.126. The Labute approximate surface area is 99.4 Å². The van der Waals surface area contributed by atoms with Crippen molar-refractivity contribution in [2.24, 2.45) is 17.1 Å². The first-order valence-corrected chi connectivity index (χ1v) is 6.40. The fourth-order valence-electron chi connectivity index (χ4n) is 1.74. The summed E-state index contributed by atoms with van der Waals surface area (Å²) in [4.78, 5) is 14.2. The summed E-state index contributed by atoms with van der Waals surface area (Å²) in [6, 6.07) is -0.377. The number of nitrogens with zero attached hydrogens (tertiary/aromatic N) is 1. The highest BCUT2D eigenvalue weighted by atomic mass is 16.2. The van der Waals surface area contributed by atoms with Crippen LogP contribution in [0.3, 0.4) is 0 Å². The van der Waals surface area contributed by atoms with Gasteiger partial charge in [-0.3, -0.25) is 4.79 Å². The number of nitrogens with two attached hydrogens (primary N) is 1. The Morgan fingerprint density at radius 1 is 1.44 bits per heavy atom. The molecule has 0 aliphatic heterocycles. The number of rotatable bonds is 5. The molecule has 16 heavy (non-hydrogen) atoms. The fourth-order valence-corrected chi connectivity index (χ4v) is 1.74. The summed E-state index contributed by atoms with van der Waals surface area (Å²) in [5.74, 6) is 0.865. The topological polar surface area (TPSA) is 46.3 Å². The van der Waals surface area contributed by atoms with E-state index >= 15 is 0 Å². The molecule has 0 unspecified atom stereocenters. The van der Waals surface area contributed by atoms with Crippen molar-refractivity contribution < 1.29 is 4.79 Å². The zero-order valence-electron chi connectivity index (χ0n) is 11.1. The van der Waals surface area contributed by atoms with Crippen molar-refractivity contribution in [3.05, 3.63) is 0 Å². The van der Waals surface area contributed by atoms with Gasteiger partial charge in [-0.15, -0.1) is 0 Å². The van der Waals surface area contributed by atoms with E-state index in [1.54, 1.807) is 0 Å². The third kappa shape index (κ3) is 3.78. The van der Waals surface area contributed by atoms with Crippen LogP contribution >= 0.6 is 0 Å². The minimum atomic E-state index is -0.377. The highest BCUT2D eigenvalue weighted by Crippen LogP contribution is 2.30. The zero-order chi connectivity index (χ0) is 12.3. The quantitative estimate of drug-likeness (QED) is 0.779. The molecule has 0 aromatic rings. The Balaban J connectivity index is 2.57. The van der Waals surface area contributed by atoms with Gasteiger partial charge in [0.25, 0.3) is 0 Å². The van der Waals surface area contributed by atoms with Crippen LogP contribution in [0.4, 0.5) is 0 Å². The largest absolute Gasteiger partial charge is 0.341 e. The lowest BCUT2D eigenvalue weighted by Gasteiger charge is -2.32. The van der Waals surface area contributed by atoms with Crippen molar-refractivity contribution in [3.63, 3.8) is 0 Å². The van der Waals surface area contributed by atoms with Crippen LogP contribution in [-0.4, -0.2) is 29.9 Å². The Morgan fingerprint density at radius 3 is 2.38 bits per heavy atom. The average molecular weight is 226 g/mol. The molecule has 0 bridgehead atoms. The lowest BCUT2D eigenvalue weighted by atomic mass is 9.86. The molecule has 1 atom stereocenters. The maximum atomic E-state index is 12.2. The van der Waals surface area contributed by atoms with Gasteiger partial charge in [0.15, 0.2) is 0 Å². The third-order valence-corrected chi connectivity index (χ3v) is 3.18. The van der Waals surface area contributed by atoms with E-state index in [2.05, 4.69) is 6.92 Å². The van der Waals surface area contributed by atoms with E-state index in [1.165, 1.54) is 12.8 Å². The van der Waals surface area contributed by atoms with E-state index in [1.807, 2.05) is 25.7 Å². The number of carbonyl (C=O) groups excluding carboxylic acids is 1. The van der Waals surface area contributed by atoms with Crippen molar-refractivity contribution in [1.29, 1.82) is 0 Å². The summed E-state index contributed by atoms with van der Waals surface area (Å²) in [5, 5.41) is 0. The van der Waals surface area contributed by atoms with Gasteiger partial charge in [-0.05, 0) is 30.6 Å². The normalized spacial score (nSPS) is 18.3. The molecule has 0 saturated heterocycles.